The van der Waals surface area contributed by atoms with Crippen molar-refractivity contribution in [1.82, 2.24) is 5.32 Å². The van der Waals surface area contributed by atoms with Crippen LogP contribution in [-0.2, 0) is 17.3 Å². The van der Waals surface area contributed by atoms with Gasteiger partial charge in [-0.2, -0.15) is 0 Å². The summed E-state index contributed by atoms with van der Waals surface area (Å²) < 4.78 is 24.7. The summed E-state index contributed by atoms with van der Waals surface area (Å²) in [6.45, 7) is 2.67. The van der Waals surface area contributed by atoms with Crippen molar-refractivity contribution in [2.24, 2.45) is 0 Å². The second kappa shape index (κ2) is 7.24. The Hall–Kier alpha value is -0.260. The van der Waals surface area contributed by atoms with Crippen LogP contribution >= 0.6 is 15.9 Å². The van der Waals surface area contributed by atoms with Crippen LogP contribution in [0.25, 0.3) is 0 Å². The van der Waals surface area contributed by atoms with Gasteiger partial charge in [0, 0.05) is 35.4 Å². The normalized spacial score (nSPS) is 14.6. The van der Waals surface area contributed by atoms with Crippen LogP contribution in [-0.4, -0.2) is 22.3 Å². The first-order chi connectivity index (χ1) is 7.99. The summed E-state index contributed by atoms with van der Waals surface area (Å²) in [5, 5.41) is 3.28. The van der Waals surface area contributed by atoms with Gasteiger partial charge >= 0.3 is 0 Å². The number of hydrogen-bond acceptors (Lipinski definition) is 2. The number of nitrogens with one attached hydrogen (secondary N) is 1. The van der Waals surface area contributed by atoms with Gasteiger partial charge in [0.2, 0.25) is 0 Å². The molecule has 0 radical (unpaired) electrons. The summed E-state index contributed by atoms with van der Waals surface area (Å²) in [6, 6.07) is 5.38. The van der Waals surface area contributed by atoms with Crippen molar-refractivity contribution in [3.05, 3.63) is 34.1 Å². The standard InChI is InChI=1S/C12H17BrFNOS/c1-9(5-6-17(2)16)15-8-10-3-4-11(13)12(14)7-10/h3-4,7,9,15H,5-6,8H2,1-2H3. The third-order valence-corrected chi connectivity index (χ3v) is 3.93. The van der Waals surface area contributed by atoms with Crippen LogP contribution in [0.5, 0.6) is 0 Å². The second-order valence-corrected chi connectivity index (χ2v) is 6.51. The lowest BCUT2D eigenvalue weighted by atomic mass is 10.2. The predicted octanol–water partition coefficient (Wildman–Crippen LogP) is 2.83. The highest BCUT2D eigenvalue weighted by molar-refractivity contribution is 9.10. The molecule has 0 aliphatic rings. The van der Waals surface area contributed by atoms with E-state index in [0.717, 1.165) is 12.0 Å². The number of benzene rings is 1. The molecular formula is C12H17BrFNOS. The Labute approximate surface area is 113 Å². The summed E-state index contributed by atoms with van der Waals surface area (Å²) >= 11 is 3.12. The number of halogens is 2. The van der Waals surface area contributed by atoms with Gasteiger partial charge in [0.25, 0.3) is 0 Å². The minimum Gasteiger partial charge on any atom is -0.310 e. The molecule has 2 nitrogen and oxygen atoms in total. The van der Waals surface area contributed by atoms with Crippen LogP contribution in [0.1, 0.15) is 18.9 Å². The van der Waals surface area contributed by atoms with Gasteiger partial charge in [-0.3, -0.25) is 4.21 Å². The zero-order valence-corrected chi connectivity index (χ0v) is 12.4. The van der Waals surface area contributed by atoms with Crippen LogP contribution in [0, 0.1) is 5.82 Å². The lowest BCUT2D eigenvalue weighted by molar-refractivity contribution is 0.532. The van der Waals surface area contributed by atoms with Crippen LogP contribution in [0.4, 0.5) is 4.39 Å². The summed E-state index contributed by atoms with van der Waals surface area (Å²) in [5.74, 6) is 0.453. The molecule has 96 valence electrons. The highest BCUT2D eigenvalue weighted by Gasteiger charge is 2.04. The highest BCUT2D eigenvalue weighted by Crippen LogP contribution is 2.16. The van der Waals surface area contributed by atoms with Crippen LogP contribution in [0.3, 0.4) is 0 Å². The van der Waals surface area contributed by atoms with Gasteiger partial charge in [-0.05, 0) is 47.0 Å². The van der Waals surface area contributed by atoms with Crippen molar-refractivity contribution in [3.63, 3.8) is 0 Å². The van der Waals surface area contributed by atoms with E-state index in [1.165, 1.54) is 6.07 Å². The van der Waals surface area contributed by atoms with E-state index >= 15 is 0 Å². The van der Waals surface area contributed by atoms with E-state index < -0.39 is 10.8 Å². The molecule has 17 heavy (non-hydrogen) atoms. The second-order valence-electron chi connectivity index (χ2n) is 4.10. The molecule has 0 aliphatic heterocycles. The molecular weight excluding hydrogens is 305 g/mol. The van der Waals surface area contributed by atoms with Crippen LogP contribution in [0.2, 0.25) is 0 Å². The molecule has 0 aliphatic carbocycles. The fourth-order valence-corrected chi connectivity index (χ4v) is 2.32. The maximum absolute atomic E-state index is 13.2. The van der Waals surface area contributed by atoms with Crippen molar-refractivity contribution < 1.29 is 8.60 Å². The minimum absolute atomic E-state index is 0.244. The van der Waals surface area contributed by atoms with E-state index in [0.29, 0.717) is 16.8 Å². The van der Waals surface area contributed by atoms with Crippen molar-refractivity contribution in [1.29, 1.82) is 0 Å². The third kappa shape index (κ3) is 5.75. The fourth-order valence-electron chi connectivity index (χ4n) is 1.39. The van der Waals surface area contributed by atoms with Crippen molar-refractivity contribution in [2.45, 2.75) is 25.9 Å². The first kappa shape index (κ1) is 14.8. The van der Waals surface area contributed by atoms with Gasteiger partial charge in [0.1, 0.15) is 5.82 Å². The quantitative estimate of drug-likeness (QED) is 0.873. The van der Waals surface area contributed by atoms with Gasteiger partial charge in [-0.25, -0.2) is 4.39 Å². The largest absolute Gasteiger partial charge is 0.310 e. The van der Waals surface area contributed by atoms with Gasteiger partial charge in [0.05, 0.1) is 4.47 Å². The molecule has 0 saturated carbocycles. The summed E-state index contributed by atoms with van der Waals surface area (Å²) in [7, 11) is -0.747. The molecule has 0 fully saturated rings. The summed E-state index contributed by atoms with van der Waals surface area (Å²) in [6.07, 6.45) is 2.57. The molecule has 0 heterocycles. The van der Waals surface area contributed by atoms with Gasteiger partial charge < -0.3 is 5.32 Å². The zero-order valence-electron chi connectivity index (χ0n) is 10.0. The SMILES string of the molecule is CC(CCS(C)=O)NCc1ccc(Br)c(F)c1. The number of rotatable bonds is 6. The van der Waals surface area contributed by atoms with E-state index in [4.69, 9.17) is 0 Å². The molecule has 2 atom stereocenters. The lowest BCUT2D eigenvalue weighted by Gasteiger charge is -2.13. The molecule has 0 aromatic heterocycles. The van der Waals surface area contributed by atoms with Gasteiger partial charge in [-0.1, -0.05) is 6.07 Å². The molecule has 0 amide bonds. The van der Waals surface area contributed by atoms with Gasteiger partial charge in [0.15, 0.2) is 0 Å². The average Bonchev–Trinajstić information content (AvgIpc) is 2.28. The molecule has 0 bridgehead atoms. The summed E-state index contributed by atoms with van der Waals surface area (Å²) in [5.41, 5.74) is 0.912. The van der Waals surface area contributed by atoms with E-state index in [1.54, 1.807) is 12.3 Å². The number of hydrogen-bond donors (Lipinski definition) is 1. The topological polar surface area (TPSA) is 29.1 Å². The minimum atomic E-state index is -0.747. The van der Waals surface area contributed by atoms with Crippen LogP contribution in [0.15, 0.2) is 22.7 Å². The molecule has 1 aromatic carbocycles. The molecule has 1 aromatic rings. The fraction of sp³-hybridized carbons (Fsp3) is 0.500. The molecule has 0 spiro atoms. The van der Waals surface area contributed by atoms with E-state index in [9.17, 15) is 8.60 Å². The Balaban J connectivity index is 2.39. The first-order valence-corrected chi connectivity index (χ1v) is 7.98. The first-order valence-electron chi connectivity index (χ1n) is 5.46. The monoisotopic (exact) mass is 321 g/mol. The van der Waals surface area contributed by atoms with Crippen molar-refractivity contribution in [3.8, 4) is 0 Å². The molecule has 1 N–H and O–H groups in total. The van der Waals surface area contributed by atoms with E-state index in [-0.39, 0.29) is 11.9 Å². The third-order valence-electron chi connectivity index (χ3n) is 2.48. The Bertz CT molecular complexity index is 400. The van der Waals surface area contributed by atoms with Crippen molar-refractivity contribution >= 4 is 26.7 Å². The summed E-state index contributed by atoms with van der Waals surface area (Å²) in [4.78, 5) is 0. The van der Waals surface area contributed by atoms with E-state index in [2.05, 4.69) is 21.2 Å². The van der Waals surface area contributed by atoms with Crippen LogP contribution < -0.4 is 5.32 Å². The Morgan fingerprint density at radius 3 is 2.82 bits per heavy atom. The average molecular weight is 322 g/mol. The molecule has 0 saturated heterocycles. The molecule has 1 rings (SSSR count). The highest BCUT2D eigenvalue weighted by atomic mass is 79.9. The van der Waals surface area contributed by atoms with Crippen molar-refractivity contribution in [2.75, 3.05) is 12.0 Å². The molecule has 5 heteroatoms. The van der Waals surface area contributed by atoms with E-state index in [1.807, 2.05) is 13.0 Å². The smallest absolute Gasteiger partial charge is 0.137 e. The maximum Gasteiger partial charge on any atom is 0.137 e. The molecule has 2 unspecified atom stereocenters. The van der Waals surface area contributed by atoms with Gasteiger partial charge in [-0.15, -0.1) is 0 Å². The zero-order chi connectivity index (χ0) is 12.8. The lowest BCUT2D eigenvalue weighted by Crippen LogP contribution is -2.27. The Morgan fingerprint density at radius 1 is 1.53 bits per heavy atom. The predicted molar refractivity (Wildman–Crippen MR) is 74.0 cm³/mol. The Morgan fingerprint density at radius 2 is 2.24 bits per heavy atom. The maximum atomic E-state index is 13.2. The Kier molecular flexibility index (Phi) is 6.30.